The van der Waals surface area contributed by atoms with Gasteiger partial charge in [-0.2, -0.15) is 5.26 Å². The van der Waals surface area contributed by atoms with Crippen LogP contribution in [-0.2, 0) is 0 Å². The fourth-order valence-corrected chi connectivity index (χ4v) is 1.52. The average Bonchev–Trinajstić information content (AvgIpc) is 2.29. The Morgan fingerprint density at radius 3 is 2.88 bits per heavy atom. The highest BCUT2D eigenvalue weighted by Gasteiger charge is 2.20. The number of hydrogen-bond acceptors (Lipinski definition) is 4. The number of nitrogens with zero attached hydrogens (tertiary/aromatic N) is 3. The van der Waals surface area contributed by atoms with Gasteiger partial charge in [0.15, 0.2) is 0 Å². The van der Waals surface area contributed by atoms with Crippen LogP contribution in [0.3, 0.4) is 0 Å². The largest absolute Gasteiger partial charge is 0.397 e. The number of pyridine rings is 1. The summed E-state index contributed by atoms with van der Waals surface area (Å²) in [6.45, 7) is 4.23. The first-order chi connectivity index (χ1) is 8.07. The Morgan fingerprint density at radius 2 is 2.35 bits per heavy atom. The standard InChI is InChI=1S/C12H16N4O/c1-9(2)16(7-3-5-13)12(17)10-4-6-15-8-11(10)14/h4,6,8-9H,3,7,14H2,1-2H3. The van der Waals surface area contributed by atoms with E-state index in [1.807, 2.05) is 19.9 Å². The molecule has 0 aliphatic rings. The van der Waals surface area contributed by atoms with Gasteiger partial charge in [0.05, 0.1) is 29.9 Å². The van der Waals surface area contributed by atoms with E-state index in [1.54, 1.807) is 11.0 Å². The van der Waals surface area contributed by atoms with Gasteiger partial charge in [0.2, 0.25) is 0 Å². The lowest BCUT2D eigenvalue weighted by Gasteiger charge is -2.26. The number of carbonyl (C=O) groups excluding carboxylic acids is 1. The summed E-state index contributed by atoms with van der Waals surface area (Å²) in [6, 6.07) is 3.66. The fourth-order valence-electron chi connectivity index (χ4n) is 1.52. The highest BCUT2D eigenvalue weighted by molar-refractivity contribution is 5.99. The van der Waals surface area contributed by atoms with Gasteiger partial charge in [-0.3, -0.25) is 9.78 Å². The number of nitrogens with two attached hydrogens (primary N) is 1. The zero-order valence-electron chi connectivity index (χ0n) is 10.1. The lowest BCUT2D eigenvalue weighted by atomic mass is 10.1. The molecule has 0 saturated heterocycles. The van der Waals surface area contributed by atoms with Gasteiger partial charge in [0.25, 0.3) is 5.91 Å². The summed E-state index contributed by atoms with van der Waals surface area (Å²) in [5.41, 5.74) is 6.51. The normalized spacial score (nSPS) is 10.0. The monoisotopic (exact) mass is 232 g/mol. The van der Waals surface area contributed by atoms with Gasteiger partial charge in [-0.15, -0.1) is 0 Å². The van der Waals surface area contributed by atoms with E-state index < -0.39 is 0 Å². The Labute approximate surface area is 101 Å². The second kappa shape index (κ2) is 5.85. The van der Waals surface area contributed by atoms with Crippen LogP contribution in [0.25, 0.3) is 0 Å². The third-order valence-electron chi connectivity index (χ3n) is 2.43. The molecule has 2 N–H and O–H groups in total. The van der Waals surface area contributed by atoms with Gasteiger partial charge in [-0.1, -0.05) is 0 Å². The molecule has 1 rings (SSSR count). The predicted octanol–water partition coefficient (Wildman–Crippen LogP) is 1.43. The van der Waals surface area contributed by atoms with Gasteiger partial charge in [-0.25, -0.2) is 0 Å². The van der Waals surface area contributed by atoms with Crippen molar-refractivity contribution in [1.29, 1.82) is 5.26 Å². The summed E-state index contributed by atoms with van der Waals surface area (Å²) < 4.78 is 0. The Kier molecular flexibility index (Phi) is 4.46. The van der Waals surface area contributed by atoms with Crippen molar-refractivity contribution in [1.82, 2.24) is 9.88 Å². The van der Waals surface area contributed by atoms with E-state index in [1.165, 1.54) is 12.4 Å². The van der Waals surface area contributed by atoms with Gasteiger partial charge in [-0.05, 0) is 19.9 Å². The van der Waals surface area contributed by atoms with Crippen LogP contribution in [0.5, 0.6) is 0 Å². The molecule has 0 unspecified atom stereocenters. The predicted molar refractivity (Wildman–Crippen MR) is 65.1 cm³/mol. The molecule has 0 aliphatic carbocycles. The zero-order valence-corrected chi connectivity index (χ0v) is 10.1. The van der Waals surface area contributed by atoms with Crippen molar-refractivity contribution >= 4 is 11.6 Å². The minimum Gasteiger partial charge on any atom is -0.397 e. The number of nitrogen functional groups attached to an aromatic ring is 1. The summed E-state index contributed by atoms with van der Waals surface area (Å²) >= 11 is 0. The average molecular weight is 232 g/mol. The maximum Gasteiger partial charge on any atom is 0.256 e. The van der Waals surface area contributed by atoms with E-state index in [9.17, 15) is 4.79 Å². The number of carbonyl (C=O) groups is 1. The van der Waals surface area contributed by atoms with E-state index in [4.69, 9.17) is 11.0 Å². The fraction of sp³-hybridized carbons (Fsp3) is 0.417. The summed E-state index contributed by atoms with van der Waals surface area (Å²) in [4.78, 5) is 17.7. The number of hydrogen-bond donors (Lipinski definition) is 1. The highest BCUT2D eigenvalue weighted by Crippen LogP contribution is 2.14. The first-order valence-corrected chi connectivity index (χ1v) is 5.45. The van der Waals surface area contributed by atoms with Gasteiger partial charge < -0.3 is 10.6 Å². The Balaban J connectivity index is 2.93. The molecule has 5 heteroatoms. The molecule has 0 radical (unpaired) electrons. The minimum absolute atomic E-state index is 0.0309. The second-order valence-electron chi connectivity index (χ2n) is 3.96. The van der Waals surface area contributed by atoms with E-state index in [0.717, 1.165) is 0 Å². The van der Waals surface area contributed by atoms with Crippen LogP contribution in [0.1, 0.15) is 30.6 Å². The third kappa shape index (κ3) is 3.18. The van der Waals surface area contributed by atoms with Crippen LogP contribution >= 0.6 is 0 Å². The van der Waals surface area contributed by atoms with Crippen molar-refractivity contribution in [3.8, 4) is 6.07 Å². The van der Waals surface area contributed by atoms with Gasteiger partial charge in [0.1, 0.15) is 0 Å². The molecule has 0 aliphatic heterocycles. The van der Waals surface area contributed by atoms with E-state index in [2.05, 4.69) is 4.98 Å². The molecule has 0 spiro atoms. The molecule has 90 valence electrons. The number of rotatable bonds is 4. The Bertz CT molecular complexity index is 436. The quantitative estimate of drug-likeness (QED) is 0.851. The molecule has 1 heterocycles. The lowest BCUT2D eigenvalue weighted by Crippen LogP contribution is -2.38. The molecule has 5 nitrogen and oxygen atoms in total. The molecule has 0 atom stereocenters. The SMILES string of the molecule is CC(C)N(CCC#N)C(=O)c1ccncc1N. The molecular formula is C12H16N4O. The van der Waals surface area contributed by atoms with Crippen LogP contribution in [0.15, 0.2) is 18.5 Å². The second-order valence-corrected chi connectivity index (χ2v) is 3.96. The molecular weight excluding hydrogens is 216 g/mol. The van der Waals surface area contributed by atoms with Crippen molar-refractivity contribution in [2.75, 3.05) is 12.3 Å². The van der Waals surface area contributed by atoms with Crippen LogP contribution < -0.4 is 5.73 Å². The Morgan fingerprint density at radius 1 is 1.65 bits per heavy atom. The minimum atomic E-state index is -0.157. The van der Waals surface area contributed by atoms with Gasteiger partial charge in [0, 0.05) is 18.8 Å². The number of amides is 1. The summed E-state index contributed by atoms with van der Waals surface area (Å²) in [6.07, 6.45) is 3.30. The van der Waals surface area contributed by atoms with Crippen molar-refractivity contribution in [2.45, 2.75) is 26.3 Å². The first-order valence-electron chi connectivity index (χ1n) is 5.45. The van der Waals surface area contributed by atoms with Crippen molar-refractivity contribution in [2.24, 2.45) is 0 Å². The molecule has 0 aromatic carbocycles. The molecule has 1 aromatic heterocycles. The zero-order chi connectivity index (χ0) is 12.8. The van der Waals surface area contributed by atoms with E-state index in [0.29, 0.717) is 24.2 Å². The molecule has 1 aromatic rings. The molecule has 1 amide bonds. The summed E-state index contributed by atoms with van der Waals surface area (Å²) in [5, 5.41) is 8.58. The van der Waals surface area contributed by atoms with Crippen molar-refractivity contribution < 1.29 is 4.79 Å². The van der Waals surface area contributed by atoms with Gasteiger partial charge >= 0.3 is 0 Å². The summed E-state index contributed by atoms with van der Waals surface area (Å²) in [5.74, 6) is -0.157. The highest BCUT2D eigenvalue weighted by atomic mass is 16.2. The number of aromatic nitrogens is 1. The maximum absolute atomic E-state index is 12.2. The topological polar surface area (TPSA) is 83.0 Å². The molecule has 17 heavy (non-hydrogen) atoms. The van der Waals surface area contributed by atoms with Crippen LogP contribution in [-0.4, -0.2) is 28.4 Å². The molecule has 0 saturated carbocycles. The van der Waals surface area contributed by atoms with Crippen LogP contribution in [0.2, 0.25) is 0 Å². The molecule has 0 bridgehead atoms. The van der Waals surface area contributed by atoms with Crippen molar-refractivity contribution in [3.05, 3.63) is 24.0 Å². The van der Waals surface area contributed by atoms with E-state index in [-0.39, 0.29) is 11.9 Å². The van der Waals surface area contributed by atoms with Crippen LogP contribution in [0.4, 0.5) is 5.69 Å². The number of anilines is 1. The van der Waals surface area contributed by atoms with Crippen molar-refractivity contribution in [3.63, 3.8) is 0 Å². The number of nitriles is 1. The van der Waals surface area contributed by atoms with Crippen LogP contribution in [0, 0.1) is 11.3 Å². The summed E-state index contributed by atoms with van der Waals surface area (Å²) in [7, 11) is 0. The third-order valence-corrected chi connectivity index (χ3v) is 2.43. The van der Waals surface area contributed by atoms with E-state index >= 15 is 0 Å². The molecule has 0 fully saturated rings. The lowest BCUT2D eigenvalue weighted by molar-refractivity contribution is 0.0711. The maximum atomic E-state index is 12.2. The first kappa shape index (κ1) is 13.0. The Hall–Kier alpha value is -2.09. The smallest absolute Gasteiger partial charge is 0.256 e.